The summed E-state index contributed by atoms with van der Waals surface area (Å²) in [6.45, 7) is 5.94. The second-order valence-electron chi connectivity index (χ2n) is 10.4. The van der Waals surface area contributed by atoms with E-state index in [1.807, 2.05) is 25.8 Å². The van der Waals surface area contributed by atoms with Gasteiger partial charge in [0.05, 0.1) is 35.7 Å². The number of alkyl halides is 3. The van der Waals surface area contributed by atoms with Crippen LogP contribution in [0.1, 0.15) is 36.2 Å². The van der Waals surface area contributed by atoms with Crippen molar-refractivity contribution in [1.82, 2.24) is 9.88 Å². The molecule has 8 nitrogen and oxygen atoms in total. The van der Waals surface area contributed by atoms with Crippen molar-refractivity contribution in [2.45, 2.75) is 38.5 Å². The molecule has 3 aromatic rings. The van der Waals surface area contributed by atoms with Crippen molar-refractivity contribution in [2.75, 3.05) is 43.6 Å². The van der Waals surface area contributed by atoms with Crippen LogP contribution in [0.5, 0.6) is 11.5 Å². The molecule has 0 bridgehead atoms. The van der Waals surface area contributed by atoms with Gasteiger partial charge in [-0.1, -0.05) is 6.07 Å². The summed E-state index contributed by atoms with van der Waals surface area (Å²) in [5.74, 6) is -0.707. The Kier molecular flexibility index (Phi) is 7.69. The molecule has 41 heavy (non-hydrogen) atoms. The van der Waals surface area contributed by atoms with Gasteiger partial charge in [-0.05, 0) is 50.7 Å². The number of halogens is 4. The van der Waals surface area contributed by atoms with Gasteiger partial charge >= 0.3 is 6.18 Å². The smallest absolute Gasteiger partial charge is 0.417 e. The summed E-state index contributed by atoms with van der Waals surface area (Å²) in [6.07, 6.45) is -3.52. The Morgan fingerprint density at radius 3 is 2.39 bits per heavy atom. The average molecular weight is 575 g/mol. The molecule has 0 radical (unpaired) electrons. The van der Waals surface area contributed by atoms with E-state index >= 15 is 4.39 Å². The van der Waals surface area contributed by atoms with Crippen LogP contribution in [0.4, 0.5) is 28.9 Å². The summed E-state index contributed by atoms with van der Waals surface area (Å²) in [4.78, 5) is 31.1. The molecule has 2 aliphatic heterocycles. The zero-order valence-electron chi connectivity index (χ0n) is 22.8. The Morgan fingerprint density at radius 2 is 1.71 bits per heavy atom. The zero-order chi connectivity index (χ0) is 29.5. The minimum absolute atomic E-state index is 0.0859. The van der Waals surface area contributed by atoms with E-state index in [1.54, 1.807) is 18.2 Å². The Morgan fingerprint density at radius 1 is 1.02 bits per heavy atom. The molecule has 1 aromatic heterocycles. The molecule has 1 fully saturated rings. The highest BCUT2D eigenvalue weighted by molar-refractivity contribution is 6.07. The van der Waals surface area contributed by atoms with Gasteiger partial charge in [0.2, 0.25) is 5.56 Å². The topological polar surface area (TPSA) is 86.9 Å². The predicted molar refractivity (Wildman–Crippen MR) is 146 cm³/mol. The number of aromatic amines is 1. The number of piperazine rings is 1. The summed E-state index contributed by atoms with van der Waals surface area (Å²) in [7, 11) is 1.98. The lowest BCUT2D eigenvalue weighted by atomic mass is 10.0. The van der Waals surface area contributed by atoms with E-state index in [-0.39, 0.29) is 23.3 Å². The predicted octanol–water partition coefficient (Wildman–Crippen LogP) is 5.14. The Hall–Kier alpha value is -4.06. The molecule has 2 aliphatic rings. The lowest BCUT2D eigenvalue weighted by Crippen LogP contribution is -2.55. The molecule has 0 unspecified atom stereocenters. The standard InChI is InChI=1S/C29H30F4N4O4/c1-16-14-37(15-17(2)36(16)3)24-12-22(30)19(18-5-6-25-26(9-18)41-8-4-7-40-25)10-23(24)35-28(39)20-13-34-27(38)11-21(20)29(31,32)33/h5-6,9-13,16-17H,4,7-8,14-15H2,1-3H3,(H,34,38)(H,35,39)/t16-,17+. The first-order chi connectivity index (χ1) is 19.4. The number of fused-ring (bicyclic) bond motifs is 1. The molecule has 0 aliphatic carbocycles. The van der Waals surface area contributed by atoms with Gasteiger partial charge in [0.1, 0.15) is 5.82 Å². The van der Waals surface area contributed by atoms with Crippen molar-refractivity contribution in [1.29, 1.82) is 0 Å². The van der Waals surface area contributed by atoms with Gasteiger partial charge in [0.15, 0.2) is 11.5 Å². The second kappa shape index (κ2) is 11.1. The SMILES string of the molecule is C[C@@H]1CN(c2cc(F)c(-c3ccc4c(c3)OCCCO4)cc2NC(=O)c2c[nH]c(=O)cc2C(F)(F)F)C[C@H](C)N1C. The van der Waals surface area contributed by atoms with E-state index in [2.05, 4.69) is 15.2 Å². The van der Waals surface area contributed by atoms with E-state index in [0.717, 1.165) is 6.20 Å². The number of amides is 1. The number of benzene rings is 2. The molecule has 0 spiro atoms. The number of aromatic nitrogens is 1. The number of rotatable bonds is 4. The van der Waals surface area contributed by atoms with E-state index in [1.165, 1.54) is 12.1 Å². The molecule has 1 amide bonds. The van der Waals surface area contributed by atoms with E-state index < -0.39 is 34.6 Å². The molecule has 2 aromatic carbocycles. The summed E-state index contributed by atoms with van der Waals surface area (Å²) in [5.41, 5.74) is -2.10. The molecule has 3 heterocycles. The van der Waals surface area contributed by atoms with Crippen LogP contribution in [-0.2, 0) is 6.18 Å². The summed E-state index contributed by atoms with van der Waals surface area (Å²) in [5, 5.41) is 2.57. The van der Waals surface area contributed by atoms with Crippen molar-refractivity contribution in [3.05, 3.63) is 69.9 Å². The van der Waals surface area contributed by atoms with Crippen LogP contribution in [0, 0.1) is 5.82 Å². The number of hydrogen-bond acceptors (Lipinski definition) is 6. The van der Waals surface area contributed by atoms with Gasteiger partial charge in [-0.25, -0.2) is 4.39 Å². The Labute approximate surface area is 233 Å². The molecule has 218 valence electrons. The molecule has 12 heteroatoms. The number of nitrogens with one attached hydrogen (secondary N) is 2. The lowest BCUT2D eigenvalue weighted by Gasteiger charge is -2.44. The molecule has 5 rings (SSSR count). The van der Waals surface area contributed by atoms with Gasteiger partial charge in [-0.2, -0.15) is 13.2 Å². The van der Waals surface area contributed by atoms with Crippen LogP contribution in [-0.4, -0.2) is 61.2 Å². The molecule has 1 saturated heterocycles. The second-order valence-corrected chi connectivity index (χ2v) is 10.4. The van der Waals surface area contributed by atoms with Gasteiger partial charge in [0, 0.05) is 49.4 Å². The average Bonchev–Trinajstić information content (AvgIpc) is 3.16. The number of anilines is 2. The third-order valence-corrected chi connectivity index (χ3v) is 7.57. The number of likely N-dealkylation sites (N-methyl/N-ethyl adjacent to an activating group) is 1. The van der Waals surface area contributed by atoms with Crippen LogP contribution >= 0.6 is 0 Å². The number of pyridine rings is 1. The maximum absolute atomic E-state index is 15.8. The van der Waals surface area contributed by atoms with Crippen molar-refractivity contribution >= 4 is 17.3 Å². The van der Waals surface area contributed by atoms with Gasteiger partial charge < -0.3 is 24.7 Å². The molecular weight excluding hydrogens is 544 g/mol. The minimum Gasteiger partial charge on any atom is -0.490 e. The van der Waals surface area contributed by atoms with E-state index in [0.29, 0.717) is 61.5 Å². The lowest BCUT2D eigenvalue weighted by molar-refractivity contribution is -0.138. The quantitative estimate of drug-likeness (QED) is 0.420. The minimum atomic E-state index is -4.94. The highest BCUT2D eigenvalue weighted by Crippen LogP contribution is 2.40. The molecular formula is C29H30F4N4O4. The number of hydrogen-bond donors (Lipinski definition) is 2. The third kappa shape index (κ3) is 5.88. The van der Waals surface area contributed by atoms with Gasteiger partial charge in [-0.15, -0.1) is 0 Å². The van der Waals surface area contributed by atoms with Crippen molar-refractivity contribution in [3.8, 4) is 22.6 Å². The highest BCUT2D eigenvalue weighted by Gasteiger charge is 2.36. The van der Waals surface area contributed by atoms with Crippen LogP contribution in [0.15, 0.2) is 47.4 Å². The first-order valence-corrected chi connectivity index (χ1v) is 13.2. The highest BCUT2D eigenvalue weighted by atomic mass is 19.4. The van der Waals surface area contributed by atoms with Crippen LogP contribution < -0.4 is 25.2 Å². The number of carbonyl (C=O) groups is 1. The normalized spacial score (nSPS) is 19.5. The van der Waals surface area contributed by atoms with Gasteiger partial charge in [0.25, 0.3) is 5.91 Å². The van der Waals surface area contributed by atoms with E-state index in [4.69, 9.17) is 9.47 Å². The third-order valence-electron chi connectivity index (χ3n) is 7.57. The zero-order valence-corrected chi connectivity index (χ0v) is 22.8. The maximum Gasteiger partial charge on any atom is 0.417 e. The largest absolute Gasteiger partial charge is 0.490 e. The molecule has 0 saturated carbocycles. The fourth-order valence-electron chi connectivity index (χ4n) is 5.16. The first-order valence-electron chi connectivity index (χ1n) is 13.2. The monoisotopic (exact) mass is 574 g/mol. The van der Waals surface area contributed by atoms with Crippen molar-refractivity contribution in [2.24, 2.45) is 0 Å². The molecule has 2 N–H and O–H groups in total. The van der Waals surface area contributed by atoms with E-state index in [9.17, 15) is 22.8 Å². The van der Waals surface area contributed by atoms with Crippen LogP contribution in [0.25, 0.3) is 11.1 Å². The maximum atomic E-state index is 15.8. The van der Waals surface area contributed by atoms with Crippen molar-refractivity contribution < 1.29 is 31.8 Å². The summed E-state index contributed by atoms with van der Waals surface area (Å²) in [6, 6.07) is 8.17. The number of H-pyrrole nitrogens is 1. The molecule has 2 atom stereocenters. The number of carbonyl (C=O) groups excluding carboxylic acids is 1. The Bertz CT molecular complexity index is 1510. The van der Waals surface area contributed by atoms with Crippen LogP contribution in [0.3, 0.4) is 0 Å². The Balaban J connectivity index is 1.60. The van der Waals surface area contributed by atoms with Gasteiger partial charge in [-0.3, -0.25) is 14.5 Å². The number of nitrogens with zero attached hydrogens (tertiary/aromatic N) is 2. The fourth-order valence-corrected chi connectivity index (χ4v) is 5.16. The summed E-state index contributed by atoms with van der Waals surface area (Å²) < 4.78 is 68.3. The number of ether oxygens (including phenoxy) is 2. The summed E-state index contributed by atoms with van der Waals surface area (Å²) >= 11 is 0. The fraction of sp³-hybridized carbons (Fsp3) is 0.379. The van der Waals surface area contributed by atoms with Crippen LogP contribution in [0.2, 0.25) is 0 Å². The first kappa shape index (κ1) is 28.5. The van der Waals surface area contributed by atoms with Crippen molar-refractivity contribution in [3.63, 3.8) is 0 Å².